The maximum absolute atomic E-state index is 13.9. The molecule has 0 unspecified atom stereocenters. The molecule has 1 heterocycles. The molecular weight excluding hydrogens is 280 g/mol. The van der Waals surface area contributed by atoms with Gasteiger partial charge in [-0.05, 0) is 31.9 Å². The molecule has 21 heavy (non-hydrogen) atoms. The van der Waals surface area contributed by atoms with Gasteiger partial charge in [-0.3, -0.25) is 0 Å². The van der Waals surface area contributed by atoms with Gasteiger partial charge in [-0.2, -0.15) is 0 Å². The molecule has 1 saturated carbocycles. The van der Waals surface area contributed by atoms with E-state index in [-0.39, 0.29) is 29.3 Å². The number of ether oxygens (including phenoxy) is 1. The Morgan fingerprint density at radius 1 is 1.43 bits per heavy atom. The van der Waals surface area contributed by atoms with E-state index >= 15 is 0 Å². The second kappa shape index (κ2) is 5.27. The lowest BCUT2D eigenvalue weighted by Gasteiger charge is -2.04. The van der Waals surface area contributed by atoms with Gasteiger partial charge < -0.3 is 9.26 Å². The van der Waals surface area contributed by atoms with Crippen LogP contribution in [0.15, 0.2) is 22.7 Å². The molecular formula is C15H13F2NO3. The van der Waals surface area contributed by atoms with Gasteiger partial charge in [0.05, 0.1) is 6.61 Å². The molecule has 1 aromatic carbocycles. The Morgan fingerprint density at radius 3 is 2.81 bits per heavy atom. The summed E-state index contributed by atoms with van der Waals surface area (Å²) >= 11 is 0. The first kappa shape index (κ1) is 13.7. The standard InChI is InChI=1S/C15H13F2NO3/c1-2-20-15(19)12-13(18-21-14(12)8-3-4-8)10-6-5-9(16)7-11(10)17/h5-8H,2-4H2,1H3. The third kappa shape index (κ3) is 2.53. The molecule has 1 fully saturated rings. The predicted octanol–water partition coefficient (Wildman–Crippen LogP) is 3.67. The summed E-state index contributed by atoms with van der Waals surface area (Å²) in [4.78, 5) is 12.1. The second-order valence-corrected chi connectivity index (χ2v) is 4.89. The Balaban J connectivity index is 2.11. The van der Waals surface area contributed by atoms with Crippen LogP contribution in [-0.2, 0) is 4.74 Å². The fourth-order valence-electron chi connectivity index (χ4n) is 2.19. The van der Waals surface area contributed by atoms with Gasteiger partial charge in [0, 0.05) is 17.5 Å². The quantitative estimate of drug-likeness (QED) is 0.807. The molecule has 0 spiro atoms. The molecule has 6 heteroatoms. The van der Waals surface area contributed by atoms with E-state index in [0.717, 1.165) is 25.0 Å². The average molecular weight is 293 g/mol. The topological polar surface area (TPSA) is 52.3 Å². The monoisotopic (exact) mass is 293 g/mol. The molecule has 0 bridgehead atoms. The van der Waals surface area contributed by atoms with Crippen molar-refractivity contribution in [2.45, 2.75) is 25.7 Å². The van der Waals surface area contributed by atoms with E-state index in [2.05, 4.69) is 5.16 Å². The number of aromatic nitrogens is 1. The highest BCUT2D eigenvalue weighted by Crippen LogP contribution is 2.44. The third-order valence-corrected chi connectivity index (χ3v) is 3.33. The first-order valence-corrected chi connectivity index (χ1v) is 6.74. The van der Waals surface area contributed by atoms with Crippen molar-refractivity contribution < 1.29 is 22.8 Å². The van der Waals surface area contributed by atoms with Gasteiger partial charge in [-0.25, -0.2) is 13.6 Å². The number of rotatable bonds is 4. The summed E-state index contributed by atoms with van der Waals surface area (Å²) < 4.78 is 37.1. The molecule has 4 nitrogen and oxygen atoms in total. The maximum Gasteiger partial charge on any atom is 0.344 e. The van der Waals surface area contributed by atoms with Gasteiger partial charge in [0.1, 0.15) is 22.9 Å². The zero-order chi connectivity index (χ0) is 15.0. The Bertz CT molecular complexity index is 692. The summed E-state index contributed by atoms with van der Waals surface area (Å²) in [7, 11) is 0. The highest BCUT2D eigenvalue weighted by Gasteiger charge is 2.36. The summed E-state index contributed by atoms with van der Waals surface area (Å²) in [5.74, 6) is -1.54. The number of carbonyl (C=O) groups is 1. The Morgan fingerprint density at radius 2 is 2.19 bits per heavy atom. The van der Waals surface area contributed by atoms with E-state index in [1.807, 2.05) is 0 Å². The van der Waals surface area contributed by atoms with Crippen molar-refractivity contribution in [3.8, 4) is 11.3 Å². The lowest BCUT2D eigenvalue weighted by atomic mass is 10.0. The van der Waals surface area contributed by atoms with Crippen LogP contribution in [0, 0.1) is 11.6 Å². The van der Waals surface area contributed by atoms with E-state index in [1.165, 1.54) is 6.07 Å². The van der Waals surface area contributed by atoms with Crippen LogP contribution in [0.4, 0.5) is 8.78 Å². The van der Waals surface area contributed by atoms with Crippen LogP contribution < -0.4 is 0 Å². The fourth-order valence-corrected chi connectivity index (χ4v) is 2.19. The summed E-state index contributed by atoms with van der Waals surface area (Å²) in [6.45, 7) is 1.87. The maximum atomic E-state index is 13.9. The molecule has 1 aliphatic rings. The second-order valence-electron chi connectivity index (χ2n) is 4.89. The zero-order valence-electron chi connectivity index (χ0n) is 11.4. The molecule has 2 aromatic rings. The van der Waals surface area contributed by atoms with Crippen LogP contribution in [0.25, 0.3) is 11.3 Å². The van der Waals surface area contributed by atoms with Gasteiger partial charge in [0.15, 0.2) is 5.76 Å². The van der Waals surface area contributed by atoms with Crippen molar-refractivity contribution in [3.63, 3.8) is 0 Å². The number of hydrogen-bond acceptors (Lipinski definition) is 4. The first-order chi connectivity index (χ1) is 10.1. The van der Waals surface area contributed by atoms with Crippen LogP contribution in [0.5, 0.6) is 0 Å². The van der Waals surface area contributed by atoms with Crippen LogP contribution in [-0.4, -0.2) is 17.7 Å². The molecule has 0 radical (unpaired) electrons. The van der Waals surface area contributed by atoms with Gasteiger partial charge in [0.25, 0.3) is 0 Å². The van der Waals surface area contributed by atoms with Gasteiger partial charge in [-0.15, -0.1) is 0 Å². The predicted molar refractivity (Wildman–Crippen MR) is 69.8 cm³/mol. The highest BCUT2D eigenvalue weighted by atomic mass is 19.1. The van der Waals surface area contributed by atoms with Crippen molar-refractivity contribution in [1.82, 2.24) is 5.16 Å². The van der Waals surface area contributed by atoms with E-state index in [0.29, 0.717) is 5.76 Å². The van der Waals surface area contributed by atoms with Crippen molar-refractivity contribution in [2.24, 2.45) is 0 Å². The Hall–Kier alpha value is -2.24. The smallest absolute Gasteiger partial charge is 0.344 e. The van der Waals surface area contributed by atoms with Gasteiger partial charge in [0.2, 0.25) is 0 Å². The number of hydrogen-bond donors (Lipinski definition) is 0. The minimum absolute atomic E-state index is 0.0232. The summed E-state index contributed by atoms with van der Waals surface area (Å²) in [6.07, 6.45) is 1.79. The first-order valence-electron chi connectivity index (χ1n) is 6.74. The number of carbonyl (C=O) groups excluding carboxylic acids is 1. The highest BCUT2D eigenvalue weighted by molar-refractivity contribution is 5.97. The van der Waals surface area contributed by atoms with Crippen molar-refractivity contribution in [2.75, 3.05) is 6.61 Å². The summed E-state index contributed by atoms with van der Waals surface area (Å²) in [5, 5.41) is 3.80. The molecule has 3 rings (SSSR count). The molecule has 0 aliphatic heterocycles. The molecule has 110 valence electrons. The molecule has 0 atom stereocenters. The summed E-state index contributed by atoms with van der Waals surface area (Å²) in [5.41, 5.74) is 0.229. The normalized spacial score (nSPS) is 14.2. The lowest BCUT2D eigenvalue weighted by Crippen LogP contribution is -2.08. The number of halogens is 2. The molecule has 0 amide bonds. The minimum atomic E-state index is -0.795. The summed E-state index contributed by atoms with van der Waals surface area (Å²) in [6, 6.07) is 3.09. The van der Waals surface area contributed by atoms with E-state index in [1.54, 1.807) is 6.92 Å². The van der Waals surface area contributed by atoms with Crippen molar-refractivity contribution in [1.29, 1.82) is 0 Å². The van der Waals surface area contributed by atoms with Gasteiger partial charge >= 0.3 is 5.97 Å². The minimum Gasteiger partial charge on any atom is -0.462 e. The van der Waals surface area contributed by atoms with Crippen LogP contribution in [0.2, 0.25) is 0 Å². The SMILES string of the molecule is CCOC(=O)c1c(-c2ccc(F)cc2F)noc1C1CC1. The van der Waals surface area contributed by atoms with E-state index in [9.17, 15) is 13.6 Å². The van der Waals surface area contributed by atoms with Crippen LogP contribution >= 0.6 is 0 Å². The van der Waals surface area contributed by atoms with E-state index < -0.39 is 17.6 Å². The van der Waals surface area contributed by atoms with Crippen molar-refractivity contribution in [3.05, 3.63) is 41.2 Å². The Labute approximate surface area is 119 Å². The molecule has 0 N–H and O–H groups in total. The average Bonchev–Trinajstić information content (AvgIpc) is 3.19. The lowest BCUT2D eigenvalue weighted by molar-refractivity contribution is 0.0524. The number of benzene rings is 1. The fraction of sp³-hybridized carbons (Fsp3) is 0.333. The zero-order valence-corrected chi connectivity index (χ0v) is 11.4. The molecule has 1 aliphatic carbocycles. The van der Waals surface area contributed by atoms with Crippen LogP contribution in [0.1, 0.15) is 41.8 Å². The Kier molecular flexibility index (Phi) is 3.45. The number of nitrogens with zero attached hydrogens (tertiary/aromatic N) is 1. The molecule has 1 aromatic heterocycles. The van der Waals surface area contributed by atoms with E-state index in [4.69, 9.17) is 9.26 Å². The van der Waals surface area contributed by atoms with Crippen molar-refractivity contribution >= 4 is 5.97 Å². The largest absolute Gasteiger partial charge is 0.462 e. The number of esters is 1. The van der Waals surface area contributed by atoms with Crippen LogP contribution in [0.3, 0.4) is 0 Å². The third-order valence-electron chi connectivity index (χ3n) is 3.33. The molecule has 0 saturated heterocycles. The van der Waals surface area contributed by atoms with Gasteiger partial charge in [-0.1, -0.05) is 5.16 Å².